The van der Waals surface area contributed by atoms with Gasteiger partial charge in [0.25, 0.3) is 0 Å². The zero-order valence-corrected chi connectivity index (χ0v) is 15.7. The van der Waals surface area contributed by atoms with Crippen LogP contribution in [0.5, 0.6) is 5.75 Å². The van der Waals surface area contributed by atoms with Gasteiger partial charge in [-0.05, 0) is 74.9 Å². The zero-order valence-electron chi connectivity index (χ0n) is 15.7. The van der Waals surface area contributed by atoms with E-state index in [0.717, 1.165) is 49.9 Å². The number of methoxy groups -OCH3 is 1. The second kappa shape index (κ2) is 8.28. The van der Waals surface area contributed by atoms with E-state index in [4.69, 9.17) is 13.9 Å². The first-order valence-electron chi connectivity index (χ1n) is 9.89. The Balaban J connectivity index is 1.32. The molecular weight excluding hydrogens is 326 g/mol. The topological polar surface area (TPSA) is 34.8 Å². The van der Waals surface area contributed by atoms with E-state index in [9.17, 15) is 0 Å². The van der Waals surface area contributed by atoms with Crippen molar-refractivity contribution in [2.75, 3.05) is 26.8 Å². The number of nitrogens with zero attached hydrogens (tertiary/aromatic N) is 1. The molecule has 1 atom stereocenters. The predicted octanol–water partition coefficient (Wildman–Crippen LogP) is 4.91. The SMILES string of the molecule is COc1ccccc1C1CCN(Cc2ccc(C3CCCCO3)o2)CC1. The molecule has 1 unspecified atom stereocenters. The van der Waals surface area contributed by atoms with Crippen LogP contribution in [0.4, 0.5) is 0 Å². The summed E-state index contributed by atoms with van der Waals surface area (Å²) in [6.07, 6.45) is 5.98. The lowest BCUT2D eigenvalue weighted by atomic mass is 9.89. The van der Waals surface area contributed by atoms with Crippen molar-refractivity contribution in [1.82, 2.24) is 4.90 Å². The van der Waals surface area contributed by atoms with Crippen LogP contribution in [0, 0.1) is 0 Å². The Morgan fingerprint density at radius 2 is 1.88 bits per heavy atom. The van der Waals surface area contributed by atoms with Crippen molar-refractivity contribution in [2.24, 2.45) is 0 Å². The number of para-hydroxylation sites is 1. The highest BCUT2D eigenvalue weighted by Gasteiger charge is 2.24. The Kier molecular flexibility index (Phi) is 5.61. The molecular formula is C22H29NO3. The molecule has 0 radical (unpaired) electrons. The van der Waals surface area contributed by atoms with Gasteiger partial charge in [-0.25, -0.2) is 0 Å². The number of rotatable bonds is 5. The maximum absolute atomic E-state index is 6.09. The summed E-state index contributed by atoms with van der Waals surface area (Å²) >= 11 is 0. The number of hydrogen-bond acceptors (Lipinski definition) is 4. The maximum Gasteiger partial charge on any atom is 0.133 e. The predicted molar refractivity (Wildman–Crippen MR) is 101 cm³/mol. The molecule has 2 aromatic rings. The van der Waals surface area contributed by atoms with Crippen LogP contribution >= 0.6 is 0 Å². The van der Waals surface area contributed by atoms with Gasteiger partial charge in [-0.15, -0.1) is 0 Å². The van der Waals surface area contributed by atoms with Crippen LogP contribution in [0.25, 0.3) is 0 Å². The highest BCUT2D eigenvalue weighted by Crippen LogP contribution is 2.35. The first kappa shape index (κ1) is 17.6. The molecule has 1 aromatic carbocycles. The van der Waals surface area contributed by atoms with Crippen LogP contribution in [-0.4, -0.2) is 31.7 Å². The van der Waals surface area contributed by atoms with Crippen LogP contribution in [0.15, 0.2) is 40.8 Å². The fourth-order valence-electron chi connectivity index (χ4n) is 4.24. The van der Waals surface area contributed by atoms with Gasteiger partial charge in [0.1, 0.15) is 23.4 Å². The smallest absolute Gasteiger partial charge is 0.133 e. The molecule has 0 N–H and O–H groups in total. The van der Waals surface area contributed by atoms with Gasteiger partial charge < -0.3 is 13.9 Å². The van der Waals surface area contributed by atoms with E-state index in [1.807, 2.05) is 6.07 Å². The molecule has 3 heterocycles. The van der Waals surface area contributed by atoms with Gasteiger partial charge in [-0.2, -0.15) is 0 Å². The summed E-state index contributed by atoms with van der Waals surface area (Å²) in [4.78, 5) is 2.50. The lowest BCUT2D eigenvalue weighted by Gasteiger charge is -2.32. The number of ether oxygens (including phenoxy) is 2. The lowest BCUT2D eigenvalue weighted by Crippen LogP contribution is -2.32. The van der Waals surface area contributed by atoms with Gasteiger partial charge >= 0.3 is 0 Å². The Labute approximate surface area is 156 Å². The molecule has 4 heteroatoms. The minimum Gasteiger partial charge on any atom is -0.496 e. The molecule has 4 nitrogen and oxygen atoms in total. The van der Waals surface area contributed by atoms with Gasteiger partial charge in [0.15, 0.2) is 0 Å². The highest BCUT2D eigenvalue weighted by molar-refractivity contribution is 5.36. The second-order valence-corrected chi connectivity index (χ2v) is 7.45. The Hall–Kier alpha value is -1.78. The van der Waals surface area contributed by atoms with Crippen molar-refractivity contribution >= 4 is 0 Å². The molecule has 26 heavy (non-hydrogen) atoms. The molecule has 0 spiro atoms. The molecule has 1 aromatic heterocycles. The van der Waals surface area contributed by atoms with Crippen molar-refractivity contribution in [3.05, 3.63) is 53.5 Å². The molecule has 0 saturated carbocycles. The van der Waals surface area contributed by atoms with E-state index in [-0.39, 0.29) is 6.10 Å². The largest absolute Gasteiger partial charge is 0.496 e. The summed E-state index contributed by atoms with van der Waals surface area (Å²) in [6.45, 7) is 3.94. The Morgan fingerprint density at radius 3 is 2.65 bits per heavy atom. The van der Waals surface area contributed by atoms with E-state index in [1.165, 1.54) is 31.2 Å². The van der Waals surface area contributed by atoms with Gasteiger partial charge in [0.05, 0.1) is 13.7 Å². The summed E-state index contributed by atoms with van der Waals surface area (Å²) < 4.78 is 17.5. The quantitative estimate of drug-likeness (QED) is 0.763. The lowest BCUT2D eigenvalue weighted by molar-refractivity contribution is 0.000766. The van der Waals surface area contributed by atoms with Crippen molar-refractivity contribution in [1.29, 1.82) is 0 Å². The van der Waals surface area contributed by atoms with Gasteiger partial charge in [0, 0.05) is 6.61 Å². The van der Waals surface area contributed by atoms with Gasteiger partial charge in [-0.1, -0.05) is 18.2 Å². The van der Waals surface area contributed by atoms with Crippen LogP contribution in [0.1, 0.15) is 61.2 Å². The number of piperidine rings is 1. The van der Waals surface area contributed by atoms with Gasteiger partial charge in [-0.3, -0.25) is 4.90 Å². The van der Waals surface area contributed by atoms with E-state index in [1.54, 1.807) is 7.11 Å². The summed E-state index contributed by atoms with van der Waals surface area (Å²) in [5.74, 6) is 3.67. The molecule has 2 saturated heterocycles. The molecule has 2 fully saturated rings. The summed E-state index contributed by atoms with van der Waals surface area (Å²) in [5, 5.41) is 0. The summed E-state index contributed by atoms with van der Waals surface area (Å²) in [6, 6.07) is 12.7. The molecule has 140 valence electrons. The van der Waals surface area contributed by atoms with Crippen molar-refractivity contribution in [2.45, 2.75) is 50.7 Å². The van der Waals surface area contributed by atoms with Crippen LogP contribution < -0.4 is 4.74 Å². The zero-order chi connectivity index (χ0) is 17.8. The standard InChI is InChI=1S/C22H29NO3/c1-24-20-7-3-2-6-19(20)17-11-13-23(14-12-17)16-18-9-10-22(26-18)21-8-4-5-15-25-21/h2-3,6-7,9-10,17,21H,4-5,8,11-16H2,1H3. The third-order valence-corrected chi connectivity index (χ3v) is 5.73. The van der Waals surface area contributed by atoms with E-state index in [0.29, 0.717) is 5.92 Å². The average Bonchev–Trinajstić information content (AvgIpc) is 3.18. The van der Waals surface area contributed by atoms with Crippen LogP contribution in [0.2, 0.25) is 0 Å². The molecule has 0 bridgehead atoms. The average molecular weight is 355 g/mol. The molecule has 0 aliphatic carbocycles. The van der Waals surface area contributed by atoms with Gasteiger partial charge in [0.2, 0.25) is 0 Å². The molecule has 2 aliphatic heterocycles. The monoisotopic (exact) mass is 355 g/mol. The fourth-order valence-corrected chi connectivity index (χ4v) is 4.24. The minimum atomic E-state index is 0.161. The number of furan rings is 1. The first-order valence-corrected chi connectivity index (χ1v) is 9.89. The number of hydrogen-bond donors (Lipinski definition) is 0. The highest BCUT2D eigenvalue weighted by atomic mass is 16.5. The Morgan fingerprint density at radius 1 is 1.04 bits per heavy atom. The third-order valence-electron chi connectivity index (χ3n) is 5.73. The summed E-state index contributed by atoms with van der Waals surface area (Å²) in [5.41, 5.74) is 1.35. The first-order chi connectivity index (χ1) is 12.8. The molecule has 2 aliphatic rings. The molecule has 4 rings (SSSR count). The van der Waals surface area contributed by atoms with Crippen molar-refractivity contribution in [3.8, 4) is 5.75 Å². The number of benzene rings is 1. The second-order valence-electron chi connectivity index (χ2n) is 7.45. The summed E-state index contributed by atoms with van der Waals surface area (Å²) in [7, 11) is 1.76. The fraction of sp³-hybridized carbons (Fsp3) is 0.545. The minimum absolute atomic E-state index is 0.161. The Bertz CT molecular complexity index is 697. The number of likely N-dealkylation sites (tertiary alicyclic amines) is 1. The van der Waals surface area contributed by atoms with Crippen LogP contribution in [-0.2, 0) is 11.3 Å². The van der Waals surface area contributed by atoms with E-state index in [2.05, 4.69) is 35.2 Å². The van der Waals surface area contributed by atoms with E-state index < -0.39 is 0 Å². The van der Waals surface area contributed by atoms with E-state index >= 15 is 0 Å². The van der Waals surface area contributed by atoms with Crippen LogP contribution in [0.3, 0.4) is 0 Å². The maximum atomic E-state index is 6.09. The normalized spacial score (nSPS) is 22.4. The molecule has 0 amide bonds. The van der Waals surface area contributed by atoms with Crippen molar-refractivity contribution in [3.63, 3.8) is 0 Å². The third kappa shape index (κ3) is 3.97. The van der Waals surface area contributed by atoms with Crippen molar-refractivity contribution < 1.29 is 13.9 Å².